The Bertz CT molecular complexity index is 260. The molecule has 15 heavy (non-hydrogen) atoms. The topological polar surface area (TPSA) is 12.0 Å². The Morgan fingerprint density at radius 3 is 2.73 bits per heavy atom. The molecule has 0 spiro atoms. The summed E-state index contributed by atoms with van der Waals surface area (Å²) in [5.41, 5.74) is 0. The second-order valence-electron chi connectivity index (χ2n) is 3.77. The molecule has 1 heterocycles. The molecule has 0 saturated carbocycles. The van der Waals surface area contributed by atoms with E-state index in [9.17, 15) is 0 Å². The molecular weight excluding hydrogens is 226 g/mol. The Labute approximate surface area is 102 Å². The normalized spacial score (nSPS) is 10.8. The lowest BCUT2D eigenvalue weighted by molar-refractivity contribution is 0.600. The van der Waals surface area contributed by atoms with E-state index in [2.05, 4.69) is 18.3 Å². The van der Waals surface area contributed by atoms with Crippen molar-refractivity contribution in [2.45, 2.75) is 39.0 Å². The number of thiophene rings is 1. The van der Waals surface area contributed by atoms with E-state index in [0.717, 1.165) is 10.9 Å². The van der Waals surface area contributed by atoms with Crippen LogP contribution in [0, 0.1) is 0 Å². The first-order valence-corrected chi connectivity index (χ1v) is 6.97. The van der Waals surface area contributed by atoms with Gasteiger partial charge in [-0.2, -0.15) is 0 Å². The van der Waals surface area contributed by atoms with Crippen LogP contribution in [0.4, 0.5) is 0 Å². The number of nitrogens with one attached hydrogen (secondary N) is 1. The fourth-order valence-corrected chi connectivity index (χ4v) is 2.64. The number of halogens is 1. The molecule has 0 aliphatic rings. The van der Waals surface area contributed by atoms with Crippen LogP contribution in [0.3, 0.4) is 0 Å². The first-order valence-electron chi connectivity index (χ1n) is 5.78. The van der Waals surface area contributed by atoms with Gasteiger partial charge in [0.2, 0.25) is 0 Å². The maximum atomic E-state index is 5.87. The quantitative estimate of drug-likeness (QED) is 0.680. The molecule has 0 saturated heterocycles. The Kier molecular flexibility index (Phi) is 7.07. The summed E-state index contributed by atoms with van der Waals surface area (Å²) in [6, 6.07) is 4.13. The van der Waals surface area contributed by atoms with Crippen molar-refractivity contribution in [3.8, 4) is 0 Å². The Balaban J connectivity index is 1.93. The van der Waals surface area contributed by atoms with Crippen LogP contribution in [0.2, 0.25) is 4.34 Å². The monoisotopic (exact) mass is 245 g/mol. The molecule has 1 nitrogen and oxygen atoms in total. The molecule has 0 bridgehead atoms. The van der Waals surface area contributed by atoms with Crippen LogP contribution in [0.1, 0.15) is 37.5 Å². The van der Waals surface area contributed by atoms with Crippen molar-refractivity contribution in [3.05, 3.63) is 21.3 Å². The van der Waals surface area contributed by atoms with E-state index in [1.165, 1.54) is 43.5 Å². The number of aryl methyl sites for hydroxylation is 1. The summed E-state index contributed by atoms with van der Waals surface area (Å²) in [4.78, 5) is 1.42. The minimum atomic E-state index is 0.912. The second-order valence-corrected chi connectivity index (χ2v) is 5.57. The van der Waals surface area contributed by atoms with Crippen molar-refractivity contribution in [3.63, 3.8) is 0 Å². The fraction of sp³-hybridized carbons (Fsp3) is 0.667. The van der Waals surface area contributed by atoms with Crippen LogP contribution < -0.4 is 5.32 Å². The van der Waals surface area contributed by atoms with Crippen molar-refractivity contribution >= 4 is 22.9 Å². The molecule has 1 rings (SSSR count). The highest BCUT2D eigenvalue weighted by molar-refractivity contribution is 7.16. The molecule has 0 aliphatic heterocycles. The van der Waals surface area contributed by atoms with Crippen molar-refractivity contribution in [2.24, 2.45) is 0 Å². The van der Waals surface area contributed by atoms with Gasteiger partial charge in [-0.15, -0.1) is 11.3 Å². The van der Waals surface area contributed by atoms with Gasteiger partial charge in [0.25, 0.3) is 0 Å². The predicted molar refractivity (Wildman–Crippen MR) is 70.0 cm³/mol. The molecule has 0 fully saturated rings. The first-order chi connectivity index (χ1) is 7.33. The summed E-state index contributed by atoms with van der Waals surface area (Å²) in [6.07, 6.45) is 6.30. The number of unbranched alkanes of at least 4 members (excludes halogenated alkanes) is 2. The van der Waals surface area contributed by atoms with Crippen molar-refractivity contribution in [1.82, 2.24) is 5.32 Å². The highest BCUT2D eigenvalue weighted by atomic mass is 35.5. The van der Waals surface area contributed by atoms with E-state index in [0.29, 0.717) is 0 Å². The first kappa shape index (κ1) is 13.0. The molecule has 0 aliphatic carbocycles. The SMILES string of the molecule is CCCNCCCCCc1ccc(Cl)s1. The van der Waals surface area contributed by atoms with Crippen LogP contribution in [0.5, 0.6) is 0 Å². The number of rotatable bonds is 8. The van der Waals surface area contributed by atoms with Crippen LogP contribution in [0.25, 0.3) is 0 Å². The Morgan fingerprint density at radius 2 is 2.07 bits per heavy atom. The lowest BCUT2D eigenvalue weighted by atomic mass is 10.2. The van der Waals surface area contributed by atoms with Gasteiger partial charge in [0.15, 0.2) is 0 Å². The summed E-state index contributed by atoms with van der Waals surface area (Å²) in [5, 5.41) is 3.42. The zero-order valence-corrected chi connectivity index (χ0v) is 11.0. The third kappa shape index (κ3) is 6.18. The zero-order valence-electron chi connectivity index (χ0n) is 9.39. The lowest BCUT2D eigenvalue weighted by Gasteiger charge is -2.02. The van der Waals surface area contributed by atoms with E-state index >= 15 is 0 Å². The van der Waals surface area contributed by atoms with Gasteiger partial charge in [0.1, 0.15) is 0 Å². The summed E-state index contributed by atoms with van der Waals surface area (Å²) in [7, 11) is 0. The van der Waals surface area contributed by atoms with Crippen molar-refractivity contribution in [1.29, 1.82) is 0 Å². The van der Waals surface area contributed by atoms with Crippen LogP contribution in [-0.2, 0) is 6.42 Å². The summed E-state index contributed by atoms with van der Waals surface area (Å²) in [6.45, 7) is 4.52. The minimum Gasteiger partial charge on any atom is -0.317 e. The van der Waals surface area contributed by atoms with E-state index in [4.69, 9.17) is 11.6 Å². The van der Waals surface area contributed by atoms with E-state index in [1.807, 2.05) is 6.07 Å². The molecule has 1 aromatic heterocycles. The number of hydrogen-bond acceptors (Lipinski definition) is 2. The van der Waals surface area contributed by atoms with E-state index in [-0.39, 0.29) is 0 Å². The molecule has 3 heteroatoms. The van der Waals surface area contributed by atoms with Gasteiger partial charge >= 0.3 is 0 Å². The lowest BCUT2D eigenvalue weighted by Crippen LogP contribution is -2.15. The molecule has 1 N–H and O–H groups in total. The minimum absolute atomic E-state index is 0.912. The van der Waals surface area contributed by atoms with Crippen LogP contribution in [0.15, 0.2) is 12.1 Å². The smallest absolute Gasteiger partial charge is 0.0931 e. The molecule has 0 radical (unpaired) electrons. The molecule has 0 aromatic carbocycles. The predicted octanol–water partition coefficient (Wildman–Crippen LogP) is 4.11. The summed E-state index contributed by atoms with van der Waals surface area (Å²) < 4.78 is 0.912. The summed E-state index contributed by atoms with van der Waals surface area (Å²) in [5.74, 6) is 0. The van der Waals surface area contributed by atoms with Gasteiger partial charge in [0, 0.05) is 4.88 Å². The van der Waals surface area contributed by atoms with Crippen LogP contribution >= 0.6 is 22.9 Å². The van der Waals surface area contributed by atoms with Gasteiger partial charge in [-0.05, 0) is 50.9 Å². The largest absolute Gasteiger partial charge is 0.317 e. The molecule has 0 unspecified atom stereocenters. The van der Waals surface area contributed by atoms with Gasteiger partial charge in [0.05, 0.1) is 4.34 Å². The van der Waals surface area contributed by atoms with Gasteiger partial charge in [-0.25, -0.2) is 0 Å². The Hall–Kier alpha value is -0.0500. The summed E-state index contributed by atoms with van der Waals surface area (Å²) >= 11 is 7.58. The number of hydrogen-bond donors (Lipinski definition) is 1. The maximum absolute atomic E-state index is 5.87. The van der Waals surface area contributed by atoms with E-state index < -0.39 is 0 Å². The van der Waals surface area contributed by atoms with Gasteiger partial charge in [-0.1, -0.05) is 24.9 Å². The van der Waals surface area contributed by atoms with Crippen molar-refractivity contribution in [2.75, 3.05) is 13.1 Å². The third-order valence-electron chi connectivity index (χ3n) is 2.33. The third-order valence-corrected chi connectivity index (χ3v) is 3.62. The standard InChI is InChI=1S/C12H20ClNS/c1-2-9-14-10-5-3-4-6-11-7-8-12(13)15-11/h7-8,14H,2-6,9-10H2,1H3. The average molecular weight is 246 g/mol. The highest BCUT2D eigenvalue weighted by Crippen LogP contribution is 2.22. The highest BCUT2D eigenvalue weighted by Gasteiger charge is 1.97. The van der Waals surface area contributed by atoms with Crippen LogP contribution in [-0.4, -0.2) is 13.1 Å². The second kappa shape index (κ2) is 8.14. The van der Waals surface area contributed by atoms with Gasteiger partial charge in [-0.3, -0.25) is 0 Å². The molecule has 0 atom stereocenters. The van der Waals surface area contributed by atoms with Crippen molar-refractivity contribution < 1.29 is 0 Å². The molecule has 0 amide bonds. The maximum Gasteiger partial charge on any atom is 0.0931 e. The van der Waals surface area contributed by atoms with E-state index in [1.54, 1.807) is 11.3 Å². The van der Waals surface area contributed by atoms with Gasteiger partial charge < -0.3 is 5.32 Å². The Morgan fingerprint density at radius 1 is 1.20 bits per heavy atom. The zero-order chi connectivity index (χ0) is 10.9. The molecule has 86 valence electrons. The molecule has 1 aromatic rings. The average Bonchev–Trinajstić information content (AvgIpc) is 2.63. The fourth-order valence-electron chi connectivity index (χ4n) is 1.51. The molecular formula is C12H20ClNS.